The van der Waals surface area contributed by atoms with E-state index in [4.69, 9.17) is 11.6 Å². The van der Waals surface area contributed by atoms with E-state index in [1.165, 1.54) is 11.3 Å². The maximum Gasteiger partial charge on any atom is 0.327 e. The van der Waals surface area contributed by atoms with Crippen LogP contribution in [0, 0.1) is 0 Å². The molecule has 2 aromatic carbocycles. The van der Waals surface area contributed by atoms with Crippen LogP contribution < -0.4 is 10.6 Å². The Morgan fingerprint density at radius 3 is 2.61 bits per heavy atom. The van der Waals surface area contributed by atoms with Gasteiger partial charge in [0, 0.05) is 18.1 Å². The van der Waals surface area contributed by atoms with E-state index in [2.05, 4.69) is 15.6 Å². The monoisotopic (exact) mass is 474 g/mol. The van der Waals surface area contributed by atoms with Crippen molar-refractivity contribution in [3.63, 3.8) is 0 Å². The summed E-state index contributed by atoms with van der Waals surface area (Å²) in [5.74, 6) is -0.719. The fourth-order valence-electron chi connectivity index (χ4n) is 2.92. The summed E-state index contributed by atoms with van der Waals surface area (Å²) in [6.45, 7) is 0. The van der Waals surface area contributed by atoms with Crippen LogP contribution in [-0.2, 0) is 16.5 Å². The first-order chi connectivity index (χ1) is 14.9. The molecule has 11 heteroatoms. The number of urea groups is 1. The van der Waals surface area contributed by atoms with Crippen LogP contribution in [0.15, 0.2) is 60.9 Å². The van der Waals surface area contributed by atoms with Crippen molar-refractivity contribution < 1.29 is 18.0 Å². The minimum absolute atomic E-state index is 0.0657. The highest BCUT2D eigenvalue weighted by molar-refractivity contribution is 7.71. The van der Waals surface area contributed by atoms with Gasteiger partial charge < -0.3 is 4.57 Å². The summed E-state index contributed by atoms with van der Waals surface area (Å²) in [5, 5.41) is 5.25. The van der Waals surface area contributed by atoms with Crippen LogP contribution >= 0.6 is 22.9 Å². The molecule has 0 aliphatic heterocycles. The number of benzene rings is 2. The van der Waals surface area contributed by atoms with Crippen molar-refractivity contribution in [1.29, 1.82) is 0 Å². The molecule has 0 unspecified atom stereocenters. The van der Waals surface area contributed by atoms with E-state index in [-0.39, 0.29) is 21.5 Å². The number of hydrogen-bond donors (Lipinski definition) is 3. The largest absolute Gasteiger partial charge is 0.327 e. The van der Waals surface area contributed by atoms with Crippen LogP contribution in [0.5, 0.6) is 0 Å². The average molecular weight is 475 g/mol. The summed E-state index contributed by atoms with van der Waals surface area (Å²) < 4.78 is 24.3. The second kappa shape index (κ2) is 8.88. The number of anilines is 1. The summed E-state index contributed by atoms with van der Waals surface area (Å²) in [7, 11) is -2.53. The summed E-state index contributed by atoms with van der Waals surface area (Å²) in [4.78, 5) is 29.1. The van der Waals surface area contributed by atoms with E-state index in [0.29, 0.717) is 11.1 Å². The first-order valence-corrected chi connectivity index (χ1v) is 11.5. The lowest BCUT2D eigenvalue weighted by Crippen LogP contribution is -2.34. The average Bonchev–Trinajstić information content (AvgIpc) is 3.37. The molecule has 2 heterocycles. The number of nitrogens with one attached hydrogen (secondary N) is 2. The Hall–Kier alpha value is -3.21. The van der Waals surface area contributed by atoms with Gasteiger partial charge in [-0.05, 0) is 48.0 Å². The summed E-state index contributed by atoms with van der Waals surface area (Å²) in [6.07, 6.45) is 3.65. The lowest BCUT2D eigenvalue weighted by molar-refractivity contribution is 0.0967. The second-order valence-electron chi connectivity index (χ2n) is 6.47. The molecule has 0 aliphatic carbocycles. The van der Waals surface area contributed by atoms with Crippen LogP contribution in [-0.4, -0.2) is 29.9 Å². The first-order valence-electron chi connectivity index (χ1n) is 8.95. The Balaban J connectivity index is 1.47. The van der Waals surface area contributed by atoms with E-state index in [1.54, 1.807) is 36.4 Å². The van der Waals surface area contributed by atoms with Crippen molar-refractivity contribution in [3.8, 4) is 5.69 Å². The number of amides is 3. The molecular weight excluding hydrogens is 460 g/mol. The van der Waals surface area contributed by atoms with E-state index >= 15 is 0 Å². The van der Waals surface area contributed by atoms with Gasteiger partial charge in [0.25, 0.3) is 5.91 Å². The molecule has 4 aromatic rings. The SMILES string of the molecule is O=C(NC(=O)c1cc(-n2cccc2)ccc1Cl)Nc1nc2ccc(C[SH](=O)=O)cc2s1. The number of carbonyl (C=O) groups excluding carboxylic acids is 2. The van der Waals surface area contributed by atoms with Crippen molar-refractivity contribution >= 4 is 60.9 Å². The number of halogens is 1. The molecule has 0 atom stereocenters. The molecule has 0 saturated carbocycles. The van der Waals surface area contributed by atoms with Crippen molar-refractivity contribution in [2.75, 3.05) is 5.32 Å². The Labute approximate surface area is 187 Å². The quantitative estimate of drug-likeness (QED) is 0.381. The molecule has 8 nitrogen and oxygen atoms in total. The smallest absolute Gasteiger partial charge is 0.324 e. The predicted octanol–water partition coefficient (Wildman–Crippen LogP) is 3.81. The third-order valence-electron chi connectivity index (χ3n) is 4.31. The lowest BCUT2D eigenvalue weighted by Gasteiger charge is -2.09. The van der Waals surface area contributed by atoms with Gasteiger partial charge >= 0.3 is 6.03 Å². The molecule has 4 rings (SSSR count). The van der Waals surface area contributed by atoms with Crippen molar-refractivity contribution in [2.45, 2.75) is 5.75 Å². The van der Waals surface area contributed by atoms with Gasteiger partial charge in [-0.2, -0.15) is 0 Å². The standard InChI is InChI=1S/C20H15ClN4O4S2/c21-15-5-4-13(25-7-1-2-8-25)10-14(15)18(26)23-19(27)24-20-22-16-6-3-12(11-31(28)29)9-17(16)30-20/h1-10,31H,11H2,(H2,22,23,24,26,27). The first kappa shape index (κ1) is 21.0. The number of fused-ring (bicyclic) bond motifs is 1. The number of hydrogen-bond acceptors (Lipinski definition) is 6. The number of nitrogens with zero attached hydrogens (tertiary/aromatic N) is 2. The predicted molar refractivity (Wildman–Crippen MR) is 121 cm³/mol. The van der Waals surface area contributed by atoms with Gasteiger partial charge in [-0.25, -0.2) is 18.2 Å². The molecule has 0 spiro atoms. The Morgan fingerprint density at radius 2 is 1.87 bits per heavy atom. The maximum absolute atomic E-state index is 12.6. The van der Waals surface area contributed by atoms with E-state index in [0.717, 1.165) is 10.4 Å². The molecule has 0 radical (unpaired) electrons. The highest BCUT2D eigenvalue weighted by Crippen LogP contribution is 2.27. The van der Waals surface area contributed by atoms with Gasteiger partial charge in [-0.1, -0.05) is 29.0 Å². The molecule has 158 valence electrons. The molecule has 31 heavy (non-hydrogen) atoms. The summed E-state index contributed by atoms with van der Waals surface area (Å²) >= 11 is 7.32. The molecular formula is C20H15ClN4O4S2. The number of thiol groups is 1. The number of thiazole rings is 1. The molecule has 2 N–H and O–H groups in total. The van der Waals surface area contributed by atoms with Gasteiger partial charge in [0.15, 0.2) is 5.13 Å². The molecule has 3 amide bonds. The highest BCUT2D eigenvalue weighted by Gasteiger charge is 2.16. The molecule has 0 aliphatic rings. The zero-order valence-electron chi connectivity index (χ0n) is 15.7. The third-order valence-corrected chi connectivity index (χ3v) is 6.20. The van der Waals surface area contributed by atoms with Gasteiger partial charge in [0.05, 0.1) is 26.6 Å². The molecule has 0 bridgehead atoms. The zero-order valence-corrected chi connectivity index (χ0v) is 18.2. The van der Waals surface area contributed by atoms with Gasteiger partial charge in [0.2, 0.25) is 0 Å². The van der Waals surface area contributed by atoms with E-state index in [9.17, 15) is 18.0 Å². The second-order valence-corrected chi connectivity index (χ2v) is 8.89. The maximum atomic E-state index is 12.6. The van der Waals surface area contributed by atoms with Crippen molar-refractivity contribution in [1.82, 2.24) is 14.9 Å². The van der Waals surface area contributed by atoms with Crippen LogP contribution in [0.4, 0.5) is 9.93 Å². The number of imide groups is 1. The Bertz CT molecular complexity index is 1360. The van der Waals surface area contributed by atoms with Crippen molar-refractivity contribution in [2.24, 2.45) is 0 Å². The summed E-state index contributed by atoms with van der Waals surface area (Å²) in [5.41, 5.74) is 2.13. The van der Waals surface area contributed by atoms with Crippen LogP contribution in [0.1, 0.15) is 15.9 Å². The Kier molecular flexibility index (Phi) is 6.03. The normalized spacial score (nSPS) is 11.0. The van der Waals surface area contributed by atoms with Crippen LogP contribution in [0.3, 0.4) is 0 Å². The third kappa shape index (κ3) is 4.93. The van der Waals surface area contributed by atoms with Gasteiger partial charge in [0.1, 0.15) is 10.7 Å². The van der Waals surface area contributed by atoms with Crippen LogP contribution in [0.2, 0.25) is 5.02 Å². The molecule has 0 fully saturated rings. The molecule has 0 saturated heterocycles. The number of carbonyl (C=O) groups is 2. The highest BCUT2D eigenvalue weighted by atomic mass is 35.5. The van der Waals surface area contributed by atoms with Gasteiger partial charge in [-0.3, -0.25) is 15.4 Å². The minimum atomic E-state index is -2.53. The topological polar surface area (TPSA) is 110 Å². The fraction of sp³-hybridized carbons (Fsp3) is 0.0500. The number of rotatable bonds is 5. The van der Waals surface area contributed by atoms with E-state index in [1.807, 2.05) is 29.1 Å². The molecule has 2 aromatic heterocycles. The summed E-state index contributed by atoms with van der Waals surface area (Å²) in [6, 6.07) is 12.9. The van der Waals surface area contributed by atoms with Gasteiger partial charge in [-0.15, -0.1) is 0 Å². The zero-order chi connectivity index (χ0) is 22.0. The van der Waals surface area contributed by atoms with E-state index < -0.39 is 22.6 Å². The minimum Gasteiger partial charge on any atom is -0.324 e. The Morgan fingerprint density at radius 1 is 1.10 bits per heavy atom. The number of aromatic nitrogens is 2. The fourth-order valence-corrected chi connectivity index (χ4v) is 4.55. The lowest BCUT2D eigenvalue weighted by atomic mass is 10.2. The van der Waals surface area contributed by atoms with Crippen LogP contribution in [0.25, 0.3) is 15.9 Å². The van der Waals surface area contributed by atoms with Crippen molar-refractivity contribution in [3.05, 3.63) is 77.1 Å².